The lowest BCUT2D eigenvalue weighted by Gasteiger charge is -2.12. The Morgan fingerprint density at radius 3 is 2.04 bits per heavy atom. The van der Waals surface area contributed by atoms with E-state index >= 15 is 0 Å². The summed E-state index contributed by atoms with van der Waals surface area (Å²) in [6.45, 7) is 2.19. The van der Waals surface area contributed by atoms with E-state index in [-0.39, 0.29) is 17.8 Å². The number of ketones is 1. The number of ether oxygens (including phenoxy) is 1. The topological polar surface area (TPSA) is 26.3 Å². The Labute approximate surface area is 142 Å². The van der Waals surface area contributed by atoms with Crippen molar-refractivity contribution in [1.29, 1.82) is 0 Å². The van der Waals surface area contributed by atoms with E-state index in [1.165, 1.54) is 50.3 Å². The van der Waals surface area contributed by atoms with Crippen molar-refractivity contribution < 1.29 is 22.7 Å². The predicted molar refractivity (Wildman–Crippen MR) is 89.3 cm³/mol. The van der Waals surface area contributed by atoms with Gasteiger partial charge in [0.25, 0.3) is 0 Å². The number of hydrogen-bond acceptors (Lipinski definition) is 2. The van der Waals surface area contributed by atoms with Gasteiger partial charge in [0.1, 0.15) is 5.75 Å². The van der Waals surface area contributed by atoms with Gasteiger partial charge in [-0.05, 0) is 18.6 Å². The van der Waals surface area contributed by atoms with Crippen LogP contribution in [0.1, 0.15) is 81.5 Å². The standard InChI is InChI=1S/C19H27F3O2/c1-2-3-4-5-6-7-8-9-10-14-17(23)16-13-11-12-15-18(16)24-19(20,21)22/h11-13,15H,2-10,14H2,1H3. The summed E-state index contributed by atoms with van der Waals surface area (Å²) in [6.07, 6.45) is 5.62. The third-order valence-electron chi connectivity index (χ3n) is 3.92. The second-order valence-electron chi connectivity index (χ2n) is 6.05. The maximum absolute atomic E-state index is 12.4. The molecule has 0 radical (unpaired) electrons. The molecule has 0 saturated carbocycles. The van der Waals surface area contributed by atoms with Gasteiger partial charge in [-0.25, -0.2) is 0 Å². The smallest absolute Gasteiger partial charge is 0.405 e. The molecular formula is C19H27F3O2. The third-order valence-corrected chi connectivity index (χ3v) is 3.92. The highest BCUT2D eigenvalue weighted by molar-refractivity contribution is 5.98. The highest BCUT2D eigenvalue weighted by atomic mass is 19.4. The molecule has 0 aliphatic rings. The molecule has 0 amide bonds. The summed E-state index contributed by atoms with van der Waals surface area (Å²) in [4.78, 5) is 12.1. The van der Waals surface area contributed by atoms with Gasteiger partial charge in [0.2, 0.25) is 0 Å². The molecule has 0 spiro atoms. The van der Waals surface area contributed by atoms with Gasteiger partial charge in [-0.1, -0.05) is 70.4 Å². The lowest BCUT2D eigenvalue weighted by Crippen LogP contribution is -2.19. The highest BCUT2D eigenvalue weighted by Crippen LogP contribution is 2.27. The highest BCUT2D eigenvalue weighted by Gasteiger charge is 2.32. The average Bonchev–Trinajstić information content (AvgIpc) is 2.52. The van der Waals surface area contributed by atoms with E-state index in [0.717, 1.165) is 19.3 Å². The van der Waals surface area contributed by atoms with Crippen molar-refractivity contribution in [1.82, 2.24) is 0 Å². The number of hydrogen-bond donors (Lipinski definition) is 0. The molecule has 1 aromatic rings. The van der Waals surface area contributed by atoms with Crippen molar-refractivity contribution in [2.45, 2.75) is 77.5 Å². The lowest BCUT2D eigenvalue weighted by atomic mass is 10.0. The number of Topliss-reactive ketones (excluding diaryl/α,β-unsaturated/α-hetero) is 1. The summed E-state index contributed by atoms with van der Waals surface area (Å²) in [5, 5.41) is 0. The lowest BCUT2D eigenvalue weighted by molar-refractivity contribution is -0.274. The maximum atomic E-state index is 12.4. The Kier molecular flexibility index (Phi) is 9.50. The minimum absolute atomic E-state index is 0.00870. The summed E-state index contributed by atoms with van der Waals surface area (Å²) in [5.41, 5.74) is 0.00870. The van der Waals surface area contributed by atoms with Crippen LogP contribution in [0.25, 0.3) is 0 Å². The number of rotatable bonds is 12. The molecule has 0 aromatic heterocycles. The van der Waals surface area contributed by atoms with Crippen molar-refractivity contribution in [2.75, 3.05) is 0 Å². The number of halogens is 3. The summed E-state index contributed by atoms with van der Waals surface area (Å²) in [5.74, 6) is -0.705. The van der Waals surface area contributed by atoms with Crippen molar-refractivity contribution in [3.05, 3.63) is 29.8 Å². The molecule has 0 aliphatic carbocycles. The zero-order valence-corrected chi connectivity index (χ0v) is 14.3. The van der Waals surface area contributed by atoms with E-state index in [2.05, 4.69) is 11.7 Å². The molecule has 5 heteroatoms. The Balaban J connectivity index is 2.28. The summed E-state index contributed by atoms with van der Waals surface area (Å²) in [6, 6.07) is 5.54. The third kappa shape index (κ3) is 8.94. The van der Waals surface area contributed by atoms with Gasteiger partial charge in [-0.2, -0.15) is 0 Å². The first-order chi connectivity index (χ1) is 11.4. The SMILES string of the molecule is CCCCCCCCCCCC(=O)c1ccccc1OC(F)(F)F. The van der Waals surface area contributed by atoms with E-state index in [4.69, 9.17) is 0 Å². The molecule has 24 heavy (non-hydrogen) atoms. The quantitative estimate of drug-likeness (QED) is 0.312. The minimum Gasteiger partial charge on any atom is -0.405 e. The summed E-state index contributed by atoms with van der Waals surface area (Å²) >= 11 is 0. The number of para-hydroxylation sites is 1. The first kappa shape index (κ1) is 20.5. The van der Waals surface area contributed by atoms with Crippen LogP contribution in [-0.4, -0.2) is 12.1 Å². The zero-order valence-electron chi connectivity index (χ0n) is 14.3. The predicted octanol–water partition coefficient (Wildman–Crippen LogP) is 6.69. The first-order valence-electron chi connectivity index (χ1n) is 8.82. The van der Waals surface area contributed by atoms with Crippen molar-refractivity contribution >= 4 is 5.78 Å². The van der Waals surface area contributed by atoms with Crippen LogP contribution in [0.15, 0.2) is 24.3 Å². The minimum atomic E-state index is -4.78. The van der Waals surface area contributed by atoms with Crippen LogP contribution in [0.2, 0.25) is 0 Å². The van der Waals surface area contributed by atoms with Crippen LogP contribution >= 0.6 is 0 Å². The molecule has 0 bridgehead atoms. The Morgan fingerprint density at radius 2 is 1.46 bits per heavy atom. The molecule has 0 unspecified atom stereocenters. The van der Waals surface area contributed by atoms with Crippen molar-refractivity contribution in [3.63, 3.8) is 0 Å². The molecule has 0 fully saturated rings. The average molecular weight is 344 g/mol. The molecule has 1 rings (SSSR count). The molecule has 0 atom stereocenters. The van der Waals surface area contributed by atoms with E-state index in [9.17, 15) is 18.0 Å². The van der Waals surface area contributed by atoms with Gasteiger partial charge in [0.15, 0.2) is 5.78 Å². The normalized spacial score (nSPS) is 11.5. The molecule has 0 saturated heterocycles. The molecule has 2 nitrogen and oxygen atoms in total. The first-order valence-corrected chi connectivity index (χ1v) is 8.82. The maximum Gasteiger partial charge on any atom is 0.573 e. The molecule has 136 valence electrons. The van der Waals surface area contributed by atoms with Crippen LogP contribution in [-0.2, 0) is 0 Å². The molecular weight excluding hydrogens is 317 g/mol. The second-order valence-corrected chi connectivity index (χ2v) is 6.05. The zero-order chi connectivity index (χ0) is 17.8. The van der Waals surface area contributed by atoms with E-state index in [1.54, 1.807) is 6.07 Å². The van der Waals surface area contributed by atoms with Gasteiger partial charge >= 0.3 is 6.36 Å². The summed E-state index contributed by atoms with van der Waals surface area (Å²) < 4.78 is 41.0. The Bertz CT molecular complexity index is 484. The molecule has 0 aliphatic heterocycles. The van der Waals surface area contributed by atoms with Crippen molar-refractivity contribution in [3.8, 4) is 5.75 Å². The van der Waals surface area contributed by atoms with Gasteiger partial charge in [-0.15, -0.1) is 13.2 Å². The number of carbonyl (C=O) groups excluding carboxylic acids is 1. The summed E-state index contributed by atoms with van der Waals surface area (Å²) in [7, 11) is 0. The van der Waals surface area contributed by atoms with Crippen molar-refractivity contribution in [2.24, 2.45) is 0 Å². The number of alkyl halides is 3. The molecule has 1 aromatic carbocycles. The van der Waals surface area contributed by atoms with E-state index < -0.39 is 12.1 Å². The Morgan fingerprint density at radius 1 is 0.917 bits per heavy atom. The number of benzene rings is 1. The van der Waals surface area contributed by atoms with Gasteiger partial charge in [-0.3, -0.25) is 4.79 Å². The van der Waals surface area contributed by atoms with Crippen LogP contribution in [0.5, 0.6) is 5.75 Å². The number of unbranched alkanes of at least 4 members (excludes halogenated alkanes) is 8. The van der Waals surface area contributed by atoms with Crippen LogP contribution in [0.4, 0.5) is 13.2 Å². The largest absolute Gasteiger partial charge is 0.573 e. The second kappa shape index (κ2) is 11.1. The van der Waals surface area contributed by atoms with Crippen LogP contribution < -0.4 is 4.74 Å². The van der Waals surface area contributed by atoms with Gasteiger partial charge in [0, 0.05) is 6.42 Å². The van der Waals surface area contributed by atoms with E-state index in [1.807, 2.05) is 0 Å². The Hall–Kier alpha value is -1.52. The van der Waals surface area contributed by atoms with E-state index in [0.29, 0.717) is 6.42 Å². The van der Waals surface area contributed by atoms with Crippen LogP contribution in [0, 0.1) is 0 Å². The number of carbonyl (C=O) groups is 1. The van der Waals surface area contributed by atoms with Crippen LogP contribution in [0.3, 0.4) is 0 Å². The fourth-order valence-electron chi connectivity index (χ4n) is 2.64. The van der Waals surface area contributed by atoms with Gasteiger partial charge in [0.05, 0.1) is 5.56 Å². The monoisotopic (exact) mass is 344 g/mol. The molecule has 0 N–H and O–H groups in total. The fraction of sp³-hybridized carbons (Fsp3) is 0.632. The fourth-order valence-corrected chi connectivity index (χ4v) is 2.64. The van der Waals surface area contributed by atoms with Gasteiger partial charge < -0.3 is 4.74 Å². The molecule has 0 heterocycles.